The molecule has 0 aliphatic heterocycles. The average Bonchev–Trinajstić information content (AvgIpc) is 2.17. The van der Waals surface area contributed by atoms with Crippen molar-refractivity contribution in [2.45, 2.75) is 25.5 Å². The maximum Gasteiger partial charge on any atom is 0.240 e. The molecule has 1 aromatic rings. The van der Waals surface area contributed by atoms with Crippen LogP contribution in [-0.4, -0.2) is 13.5 Å². The molecular weight excluding hydrogens is 235 g/mol. The van der Waals surface area contributed by atoms with Gasteiger partial charge < -0.3 is 4.74 Å². The third-order valence-corrected chi connectivity index (χ3v) is 3.89. The lowest BCUT2D eigenvalue weighted by atomic mass is 10.3. The predicted molar refractivity (Wildman–Crippen MR) is 64.8 cm³/mol. The average molecular weight is 249 g/mol. The molecule has 0 saturated heterocycles. The number of para-hydroxylation sites is 1. The van der Waals surface area contributed by atoms with Crippen LogP contribution < -0.4 is 4.74 Å². The minimum absolute atomic E-state index is 0.157. The largest absolute Gasteiger partial charge is 0.491 e. The van der Waals surface area contributed by atoms with Gasteiger partial charge in [-0.15, -0.1) is 0 Å². The van der Waals surface area contributed by atoms with Crippen molar-refractivity contribution < 1.29 is 4.74 Å². The van der Waals surface area contributed by atoms with Crippen LogP contribution in [-0.2, 0) is 0 Å². The van der Waals surface area contributed by atoms with Gasteiger partial charge in [0.05, 0.1) is 6.10 Å². The van der Waals surface area contributed by atoms with Crippen molar-refractivity contribution in [2.24, 2.45) is 0 Å². The zero-order chi connectivity index (χ0) is 10.4. The Labute approximate surface area is 96.0 Å². The van der Waals surface area contributed by atoms with Crippen molar-refractivity contribution in [2.75, 3.05) is 0 Å². The highest BCUT2D eigenvalue weighted by atomic mass is 35.7. The first-order valence-corrected chi connectivity index (χ1v) is 9.03. The molecule has 1 nitrogen and oxygen atoms in total. The van der Waals surface area contributed by atoms with E-state index >= 15 is 0 Å². The SMILES string of the molecule is CCC(C[SiH](Cl)Cl)Oc1ccccc1. The molecule has 0 spiro atoms. The van der Waals surface area contributed by atoms with Gasteiger partial charge in [0.2, 0.25) is 7.42 Å². The summed E-state index contributed by atoms with van der Waals surface area (Å²) in [6.45, 7) is 2.08. The van der Waals surface area contributed by atoms with Crippen molar-refractivity contribution in [3.8, 4) is 5.75 Å². The van der Waals surface area contributed by atoms with Gasteiger partial charge in [-0.25, -0.2) is 0 Å². The van der Waals surface area contributed by atoms with Crippen LogP contribution in [0.25, 0.3) is 0 Å². The molecule has 0 fully saturated rings. The molecule has 1 unspecified atom stereocenters. The van der Waals surface area contributed by atoms with E-state index in [0.29, 0.717) is 0 Å². The van der Waals surface area contributed by atoms with Crippen LogP contribution in [0.15, 0.2) is 30.3 Å². The topological polar surface area (TPSA) is 9.23 Å². The molecule has 0 bridgehead atoms. The summed E-state index contributed by atoms with van der Waals surface area (Å²) in [5.41, 5.74) is 0. The Hall–Kier alpha value is -0.183. The molecule has 0 heterocycles. The van der Waals surface area contributed by atoms with Gasteiger partial charge in [-0.3, -0.25) is 0 Å². The number of halogens is 2. The van der Waals surface area contributed by atoms with Crippen LogP contribution >= 0.6 is 22.2 Å². The van der Waals surface area contributed by atoms with E-state index < -0.39 is 7.42 Å². The van der Waals surface area contributed by atoms with Gasteiger partial charge in [-0.2, -0.15) is 22.2 Å². The van der Waals surface area contributed by atoms with E-state index in [0.717, 1.165) is 18.2 Å². The molecular formula is C10H14Cl2OSi. The first-order valence-electron chi connectivity index (χ1n) is 4.72. The predicted octanol–water partition coefficient (Wildman–Crippen LogP) is 3.54. The molecule has 0 amide bonds. The molecule has 14 heavy (non-hydrogen) atoms. The normalized spacial score (nSPS) is 12.9. The zero-order valence-corrected chi connectivity index (χ0v) is 10.8. The second-order valence-corrected chi connectivity index (χ2v) is 8.17. The van der Waals surface area contributed by atoms with Crippen LogP contribution in [0.2, 0.25) is 6.04 Å². The Bertz CT molecular complexity index is 254. The first kappa shape index (κ1) is 11.9. The van der Waals surface area contributed by atoms with Crippen LogP contribution in [0.4, 0.5) is 0 Å². The molecule has 0 aliphatic rings. The number of hydrogen-bond acceptors (Lipinski definition) is 1. The Morgan fingerprint density at radius 1 is 1.29 bits per heavy atom. The van der Waals surface area contributed by atoms with Gasteiger partial charge in [0.25, 0.3) is 0 Å². The fraction of sp³-hybridized carbons (Fsp3) is 0.400. The summed E-state index contributed by atoms with van der Waals surface area (Å²) >= 11 is 11.7. The highest BCUT2D eigenvalue weighted by molar-refractivity contribution is 7.33. The molecule has 0 radical (unpaired) electrons. The third kappa shape index (κ3) is 4.36. The van der Waals surface area contributed by atoms with Crippen molar-refractivity contribution in [3.63, 3.8) is 0 Å². The summed E-state index contributed by atoms with van der Waals surface area (Å²) in [6.07, 6.45) is 1.10. The second-order valence-electron chi connectivity index (χ2n) is 3.09. The summed E-state index contributed by atoms with van der Waals surface area (Å²) in [7, 11) is -1.57. The van der Waals surface area contributed by atoms with Crippen LogP contribution in [0.3, 0.4) is 0 Å². The van der Waals surface area contributed by atoms with Gasteiger partial charge in [0.1, 0.15) is 5.75 Å². The van der Waals surface area contributed by atoms with E-state index in [4.69, 9.17) is 26.9 Å². The number of rotatable bonds is 5. The van der Waals surface area contributed by atoms with Crippen molar-refractivity contribution in [3.05, 3.63) is 30.3 Å². The Balaban J connectivity index is 2.48. The summed E-state index contributed by atoms with van der Waals surface area (Å²) < 4.78 is 5.74. The Morgan fingerprint density at radius 2 is 1.93 bits per heavy atom. The minimum Gasteiger partial charge on any atom is -0.491 e. The molecule has 0 aliphatic carbocycles. The summed E-state index contributed by atoms with van der Waals surface area (Å²) in [5.74, 6) is 0.891. The molecule has 78 valence electrons. The number of benzene rings is 1. The maximum absolute atomic E-state index is 5.84. The van der Waals surface area contributed by atoms with Crippen molar-refractivity contribution in [1.82, 2.24) is 0 Å². The lowest BCUT2D eigenvalue weighted by Crippen LogP contribution is -2.18. The zero-order valence-electron chi connectivity index (χ0n) is 8.12. The van der Waals surface area contributed by atoms with Crippen LogP contribution in [0.1, 0.15) is 13.3 Å². The summed E-state index contributed by atoms with van der Waals surface area (Å²) in [4.78, 5) is 0. The first-order chi connectivity index (χ1) is 6.72. The van der Waals surface area contributed by atoms with E-state index in [1.54, 1.807) is 0 Å². The molecule has 1 atom stereocenters. The third-order valence-electron chi connectivity index (χ3n) is 1.94. The lowest BCUT2D eigenvalue weighted by Gasteiger charge is -2.17. The lowest BCUT2D eigenvalue weighted by molar-refractivity contribution is 0.217. The second kappa shape index (κ2) is 6.33. The van der Waals surface area contributed by atoms with Gasteiger partial charge in [0.15, 0.2) is 0 Å². The van der Waals surface area contributed by atoms with Gasteiger partial charge in [-0.1, -0.05) is 25.1 Å². The fourth-order valence-electron chi connectivity index (χ4n) is 1.19. The van der Waals surface area contributed by atoms with Gasteiger partial charge in [-0.05, 0) is 18.6 Å². The van der Waals surface area contributed by atoms with E-state index in [2.05, 4.69) is 6.92 Å². The molecule has 0 N–H and O–H groups in total. The van der Waals surface area contributed by atoms with Crippen molar-refractivity contribution in [1.29, 1.82) is 0 Å². The molecule has 0 aromatic heterocycles. The van der Waals surface area contributed by atoms with Gasteiger partial charge in [0, 0.05) is 6.04 Å². The van der Waals surface area contributed by atoms with Gasteiger partial charge >= 0.3 is 0 Å². The molecule has 1 rings (SSSR count). The van der Waals surface area contributed by atoms with E-state index in [1.807, 2.05) is 30.3 Å². The summed E-state index contributed by atoms with van der Waals surface area (Å²) in [5, 5.41) is 0. The maximum atomic E-state index is 5.84. The highest BCUT2D eigenvalue weighted by Gasteiger charge is 2.13. The van der Waals surface area contributed by atoms with Crippen LogP contribution in [0.5, 0.6) is 5.75 Å². The standard InChI is InChI=1S/C10H14Cl2OSi/c1-2-9(8-14(11)12)13-10-6-4-3-5-7-10/h3-7,9,14H,2,8H2,1H3. The summed E-state index contributed by atoms with van der Waals surface area (Å²) in [6, 6.07) is 10.6. The molecule has 1 aromatic carbocycles. The Morgan fingerprint density at radius 3 is 2.43 bits per heavy atom. The van der Waals surface area contributed by atoms with Crippen molar-refractivity contribution >= 4 is 29.6 Å². The highest BCUT2D eigenvalue weighted by Crippen LogP contribution is 2.17. The number of ether oxygens (including phenoxy) is 1. The number of hydrogen-bond donors (Lipinski definition) is 0. The molecule has 4 heteroatoms. The van der Waals surface area contributed by atoms with E-state index in [1.165, 1.54) is 0 Å². The van der Waals surface area contributed by atoms with Crippen LogP contribution in [0, 0.1) is 0 Å². The smallest absolute Gasteiger partial charge is 0.240 e. The quantitative estimate of drug-likeness (QED) is 0.573. The molecule has 0 saturated carbocycles. The monoisotopic (exact) mass is 248 g/mol. The van der Waals surface area contributed by atoms with E-state index in [-0.39, 0.29) is 6.10 Å². The van der Waals surface area contributed by atoms with E-state index in [9.17, 15) is 0 Å². The minimum atomic E-state index is -1.57. The Kier molecular flexibility index (Phi) is 5.37. The fourth-order valence-corrected chi connectivity index (χ4v) is 3.21.